The van der Waals surface area contributed by atoms with E-state index >= 15 is 0 Å². The van der Waals surface area contributed by atoms with E-state index in [9.17, 15) is 9.18 Å². The summed E-state index contributed by atoms with van der Waals surface area (Å²) >= 11 is 0. The van der Waals surface area contributed by atoms with Crippen molar-refractivity contribution in [3.8, 4) is 6.07 Å². The number of halogens is 1. The van der Waals surface area contributed by atoms with Gasteiger partial charge in [0.1, 0.15) is 5.82 Å². The molecule has 0 unspecified atom stereocenters. The van der Waals surface area contributed by atoms with Gasteiger partial charge in [-0.2, -0.15) is 5.26 Å². The predicted octanol–water partition coefficient (Wildman–Crippen LogP) is 3.32. The van der Waals surface area contributed by atoms with Crippen LogP contribution in [-0.2, 0) is 4.79 Å². The first-order valence-electron chi connectivity index (χ1n) is 6.22. The molecule has 0 radical (unpaired) electrons. The Morgan fingerprint density at radius 3 is 2.32 bits per heavy atom. The number of rotatable bonds is 2. The lowest BCUT2D eigenvalue weighted by molar-refractivity contribution is -0.118. The van der Waals surface area contributed by atoms with Crippen LogP contribution < -0.4 is 5.32 Å². The van der Waals surface area contributed by atoms with Crippen LogP contribution in [0.15, 0.2) is 18.2 Å². The van der Waals surface area contributed by atoms with Crippen LogP contribution in [-0.4, -0.2) is 5.91 Å². The van der Waals surface area contributed by atoms with Gasteiger partial charge in [-0.1, -0.05) is 27.7 Å². The van der Waals surface area contributed by atoms with Crippen LogP contribution in [0.2, 0.25) is 0 Å². The fourth-order valence-corrected chi connectivity index (χ4v) is 2.74. The molecular formula is C15H17FN2O. The second-order valence-electron chi connectivity index (χ2n) is 6.17. The molecule has 0 heterocycles. The SMILES string of the molecule is CC1(C)C(C(=O)Nc2ccc(C#N)cc2F)C1(C)C. The van der Waals surface area contributed by atoms with Crippen LogP contribution in [0.1, 0.15) is 33.3 Å². The first kappa shape index (κ1) is 13.5. The highest BCUT2D eigenvalue weighted by Crippen LogP contribution is 2.68. The molecule has 0 saturated heterocycles. The summed E-state index contributed by atoms with van der Waals surface area (Å²) in [6.45, 7) is 8.14. The monoisotopic (exact) mass is 260 g/mol. The molecule has 0 aliphatic heterocycles. The summed E-state index contributed by atoms with van der Waals surface area (Å²) in [5, 5.41) is 11.3. The minimum atomic E-state index is -0.580. The van der Waals surface area contributed by atoms with E-state index in [-0.39, 0.29) is 33.9 Å². The Morgan fingerprint density at radius 1 is 1.32 bits per heavy atom. The van der Waals surface area contributed by atoms with Gasteiger partial charge in [0.25, 0.3) is 0 Å². The molecular weight excluding hydrogens is 243 g/mol. The minimum absolute atomic E-state index is 0.0832. The Bertz CT molecular complexity index is 570. The lowest BCUT2D eigenvalue weighted by atomic mass is 10.0. The minimum Gasteiger partial charge on any atom is -0.323 e. The molecule has 19 heavy (non-hydrogen) atoms. The van der Waals surface area contributed by atoms with Crippen molar-refractivity contribution in [1.29, 1.82) is 5.26 Å². The fourth-order valence-electron chi connectivity index (χ4n) is 2.74. The molecule has 1 aliphatic rings. The zero-order valence-corrected chi connectivity index (χ0v) is 11.5. The number of nitrogens with zero attached hydrogens (tertiary/aromatic N) is 1. The predicted molar refractivity (Wildman–Crippen MR) is 70.8 cm³/mol. The second-order valence-corrected chi connectivity index (χ2v) is 6.17. The maximum absolute atomic E-state index is 13.7. The topological polar surface area (TPSA) is 52.9 Å². The summed E-state index contributed by atoms with van der Waals surface area (Å²) in [4.78, 5) is 12.2. The van der Waals surface area contributed by atoms with Crippen molar-refractivity contribution in [2.75, 3.05) is 5.32 Å². The molecule has 0 spiro atoms. The molecule has 1 aliphatic carbocycles. The van der Waals surface area contributed by atoms with Crippen molar-refractivity contribution in [3.63, 3.8) is 0 Å². The van der Waals surface area contributed by atoms with Crippen molar-refractivity contribution in [1.82, 2.24) is 0 Å². The first-order chi connectivity index (χ1) is 8.71. The number of nitriles is 1. The van der Waals surface area contributed by atoms with Gasteiger partial charge in [0.15, 0.2) is 0 Å². The summed E-state index contributed by atoms with van der Waals surface area (Å²) in [6.07, 6.45) is 0. The zero-order chi connectivity index (χ0) is 14.4. The molecule has 1 N–H and O–H groups in total. The van der Waals surface area contributed by atoms with Crippen LogP contribution in [0.25, 0.3) is 0 Å². The molecule has 1 fully saturated rings. The van der Waals surface area contributed by atoms with Gasteiger partial charge in [-0.3, -0.25) is 4.79 Å². The van der Waals surface area contributed by atoms with E-state index in [1.807, 2.05) is 33.8 Å². The van der Waals surface area contributed by atoms with Crippen LogP contribution in [0.5, 0.6) is 0 Å². The number of nitrogens with one attached hydrogen (secondary N) is 1. The molecule has 100 valence electrons. The Hall–Kier alpha value is -1.89. The van der Waals surface area contributed by atoms with Gasteiger partial charge in [0.2, 0.25) is 5.91 Å². The number of benzene rings is 1. The van der Waals surface area contributed by atoms with E-state index in [1.54, 1.807) is 0 Å². The molecule has 1 amide bonds. The molecule has 0 bridgehead atoms. The molecule has 3 nitrogen and oxygen atoms in total. The Labute approximate surface area is 112 Å². The van der Waals surface area contributed by atoms with Crippen LogP contribution in [0.3, 0.4) is 0 Å². The van der Waals surface area contributed by atoms with Crippen molar-refractivity contribution in [3.05, 3.63) is 29.6 Å². The highest BCUT2D eigenvalue weighted by molar-refractivity contribution is 5.96. The Morgan fingerprint density at radius 2 is 1.89 bits per heavy atom. The van der Waals surface area contributed by atoms with E-state index in [2.05, 4.69) is 5.32 Å². The zero-order valence-electron chi connectivity index (χ0n) is 11.5. The smallest absolute Gasteiger partial charge is 0.228 e. The highest BCUT2D eigenvalue weighted by atomic mass is 19.1. The number of anilines is 1. The third-order valence-electron chi connectivity index (χ3n) is 4.64. The van der Waals surface area contributed by atoms with Crippen molar-refractivity contribution >= 4 is 11.6 Å². The van der Waals surface area contributed by atoms with Gasteiger partial charge in [-0.25, -0.2) is 4.39 Å². The average molecular weight is 260 g/mol. The standard InChI is InChI=1S/C15H17FN2O/c1-14(2)12(15(14,3)4)13(19)18-11-6-5-9(8-17)7-10(11)16/h5-7,12H,1-4H3,(H,18,19). The Kier molecular flexibility index (Phi) is 2.89. The third-order valence-corrected chi connectivity index (χ3v) is 4.64. The van der Waals surface area contributed by atoms with Gasteiger partial charge < -0.3 is 5.32 Å². The first-order valence-corrected chi connectivity index (χ1v) is 6.22. The maximum atomic E-state index is 13.7. The number of carbonyl (C=O) groups excluding carboxylic acids is 1. The molecule has 0 atom stereocenters. The van der Waals surface area contributed by atoms with Gasteiger partial charge in [-0.15, -0.1) is 0 Å². The van der Waals surface area contributed by atoms with E-state index in [1.165, 1.54) is 12.1 Å². The summed E-state index contributed by atoms with van der Waals surface area (Å²) in [5.74, 6) is -0.877. The van der Waals surface area contributed by atoms with Crippen LogP contribution >= 0.6 is 0 Å². The molecule has 1 aromatic rings. The fraction of sp³-hybridized carbons (Fsp3) is 0.467. The molecule has 4 heteroatoms. The van der Waals surface area contributed by atoms with E-state index in [4.69, 9.17) is 5.26 Å². The highest BCUT2D eigenvalue weighted by Gasteiger charge is 2.68. The van der Waals surface area contributed by atoms with Crippen molar-refractivity contribution in [2.24, 2.45) is 16.7 Å². The summed E-state index contributed by atoms with van der Waals surface area (Å²) in [5.41, 5.74) is 0.199. The van der Waals surface area contributed by atoms with Crippen molar-refractivity contribution < 1.29 is 9.18 Å². The van der Waals surface area contributed by atoms with Gasteiger partial charge in [0.05, 0.1) is 17.3 Å². The van der Waals surface area contributed by atoms with Gasteiger partial charge in [-0.05, 0) is 29.0 Å². The largest absolute Gasteiger partial charge is 0.323 e. The number of hydrogen-bond donors (Lipinski definition) is 1. The maximum Gasteiger partial charge on any atom is 0.228 e. The van der Waals surface area contributed by atoms with Crippen molar-refractivity contribution in [2.45, 2.75) is 27.7 Å². The molecule has 2 rings (SSSR count). The van der Waals surface area contributed by atoms with Crippen LogP contribution in [0, 0.1) is 33.9 Å². The molecule has 1 aromatic carbocycles. The lowest BCUT2D eigenvalue weighted by Crippen LogP contribution is -2.18. The van der Waals surface area contributed by atoms with Crippen LogP contribution in [0.4, 0.5) is 10.1 Å². The van der Waals surface area contributed by atoms with E-state index < -0.39 is 5.82 Å². The summed E-state index contributed by atoms with van der Waals surface area (Å²) in [6, 6.07) is 5.89. The normalized spacial score (nSPS) is 19.6. The van der Waals surface area contributed by atoms with E-state index in [0.29, 0.717) is 0 Å². The summed E-state index contributed by atoms with van der Waals surface area (Å²) in [7, 11) is 0. The number of hydrogen-bond acceptors (Lipinski definition) is 2. The number of amides is 1. The van der Waals surface area contributed by atoms with Gasteiger partial charge >= 0.3 is 0 Å². The Balaban J connectivity index is 2.16. The summed E-state index contributed by atoms with van der Waals surface area (Å²) < 4.78 is 13.7. The quantitative estimate of drug-likeness (QED) is 0.886. The third kappa shape index (κ3) is 1.99. The second kappa shape index (κ2) is 4.06. The average Bonchev–Trinajstić information content (AvgIpc) is 2.72. The van der Waals surface area contributed by atoms with Gasteiger partial charge in [0, 0.05) is 5.92 Å². The molecule has 0 aromatic heterocycles. The number of carbonyl (C=O) groups is 1. The lowest BCUT2D eigenvalue weighted by Gasteiger charge is -2.07. The van der Waals surface area contributed by atoms with E-state index in [0.717, 1.165) is 6.07 Å². The molecule has 1 saturated carbocycles.